The van der Waals surface area contributed by atoms with Crippen molar-refractivity contribution in [2.75, 3.05) is 26.2 Å². The van der Waals surface area contributed by atoms with Gasteiger partial charge in [-0.05, 0) is 62.8 Å². The lowest BCUT2D eigenvalue weighted by molar-refractivity contribution is 0.0702. The van der Waals surface area contributed by atoms with Crippen LogP contribution in [0.3, 0.4) is 0 Å². The SMILES string of the molecule is CCn1cc(CN2CCC(Oc3ccccc3C(=O)N3CCCCC3)CC2)c2ccccc21. The first-order chi connectivity index (χ1) is 16.2. The second kappa shape index (κ2) is 10.0. The Morgan fingerprint density at radius 2 is 1.67 bits per heavy atom. The van der Waals surface area contributed by atoms with Crippen molar-refractivity contribution in [3.8, 4) is 5.75 Å². The van der Waals surface area contributed by atoms with Gasteiger partial charge >= 0.3 is 0 Å². The summed E-state index contributed by atoms with van der Waals surface area (Å²) in [7, 11) is 0. The number of carbonyl (C=O) groups is 1. The zero-order chi connectivity index (χ0) is 22.6. The minimum atomic E-state index is 0.120. The lowest BCUT2D eigenvalue weighted by atomic mass is 10.1. The van der Waals surface area contributed by atoms with E-state index in [1.807, 2.05) is 29.2 Å². The number of carbonyl (C=O) groups excluding carboxylic acids is 1. The molecule has 1 amide bonds. The van der Waals surface area contributed by atoms with E-state index in [9.17, 15) is 4.79 Å². The number of likely N-dealkylation sites (tertiary alicyclic amines) is 2. The number of para-hydroxylation sites is 2. The summed E-state index contributed by atoms with van der Waals surface area (Å²) in [4.78, 5) is 17.6. The molecule has 2 saturated heterocycles. The van der Waals surface area contributed by atoms with Gasteiger partial charge in [0.05, 0.1) is 5.56 Å². The molecule has 3 heterocycles. The summed E-state index contributed by atoms with van der Waals surface area (Å²) in [6, 6.07) is 16.5. The smallest absolute Gasteiger partial charge is 0.257 e. The van der Waals surface area contributed by atoms with Crippen LogP contribution in [0.4, 0.5) is 0 Å². The van der Waals surface area contributed by atoms with Gasteiger partial charge in [0, 0.05) is 56.4 Å². The lowest BCUT2D eigenvalue weighted by Crippen LogP contribution is -2.38. The zero-order valence-electron chi connectivity index (χ0n) is 19.7. The summed E-state index contributed by atoms with van der Waals surface area (Å²) in [6.45, 7) is 7.92. The molecule has 174 valence electrons. The van der Waals surface area contributed by atoms with Crippen molar-refractivity contribution in [1.29, 1.82) is 0 Å². The van der Waals surface area contributed by atoms with Crippen molar-refractivity contribution in [1.82, 2.24) is 14.4 Å². The Hall–Kier alpha value is -2.79. The number of nitrogens with zero attached hydrogens (tertiary/aromatic N) is 3. The molecule has 0 atom stereocenters. The summed E-state index contributed by atoms with van der Waals surface area (Å²) >= 11 is 0. The molecule has 2 aromatic carbocycles. The number of aryl methyl sites for hydroxylation is 1. The highest BCUT2D eigenvalue weighted by Crippen LogP contribution is 2.27. The number of piperidine rings is 2. The van der Waals surface area contributed by atoms with E-state index in [0.717, 1.165) is 70.7 Å². The summed E-state index contributed by atoms with van der Waals surface area (Å²) in [5.41, 5.74) is 3.45. The molecule has 0 radical (unpaired) electrons. The Kier molecular flexibility index (Phi) is 6.68. The summed E-state index contributed by atoms with van der Waals surface area (Å²) < 4.78 is 8.75. The normalized spacial score (nSPS) is 18.0. The first-order valence-electron chi connectivity index (χ1n) is 12.6. The maximum absolute atomic E-state index is 13.1. The second-order valence-electron chi connectivity index (χ2n) is 9.40. The fourth-order valence-electron chi connectivity index (χ4n) is 5.33. The van der Waals surface area contributed by atoms with Crippen LogP contribution in [0.25, 0.3) is 10.9 Å². The fourth-order valence-corrected chi connectivity index (χ4v) is 5.33. The molecule has 5 heteroatoms. The van der Waals surface area contributed by atoms with Crippen molar-refractivity contribution < 1.29 is 9.53 Å². The molecule has 5 nitrogen and oxygen atoms in total. The Balaban J connectivity index is 1.21. The fraction of sp³-hybridized carbons (Fsp3) is 0.464. The van der Waals surface area contributed by atoms with Gasteiger partial charge in [-0.2, -0.15) is 0 Å². The van der Waals surface area contributed by atoms with Gasteiger partial charge in [0.2, 0.25) is 0 Å². The maximum atomic E-state index is 13.1. The molecule has 5 rings (SSSR count). The number of ether oxygens (including phenoxy) is 1. The molecule has 0 bridgehead atoms. The largest absolute Gasteiger partial charge is 0.489 e. The standard InChI is InChI=1S/C28H35N3O2/c1-2-30-21-22(24-10-4-6-12-26(24)30)20-29-18-14-23(15-19-29)33-27-13-7-5-11-25(27)28(32)31-16-8-3-9-17-31/h4-7,10-13,21,23H,2-3,8-9,14-20H2,1H3. The Morgan fingerprint density at radius 3 is 2.45 bits per heavy atom. The van der Waals surface area contributed by atoms with Crippen LogP contribution >= 0.6 is 0 Å². The van der Waals surface area contributed by atoms with Gasteiger partial charge in [-0.15, -0.1) is 0 Å². The van der Waals surface area contributed by atoms with Crippen LogP contribution in [-0.2, 0) is 13.1 Å². The van der Waals surface area contributed by atoms with E-state index in [1.54, 1.807) is 0 Å². The maximum Gasteiger partial charge on any atom is 0.257 e. The van der Waals surface area contributed by atoms with Crippen LogP contribution < -0.4 is 4.74 Å². The van der Waals surface area contributed by atoms with E-state index in [-0.39, 0.29) is 12.0 Å². The molecule has 33 heavy (non-hydrogen) atoms. The highest BCUT2D eigenvalue weighted by atomic mass is 16.5. The van der Waals surface area contributed by atoms with Gasteiger partial charge in [0.25, 0.3) is 5.91 Å². The molecule has 2 aliphatic heterocycles. The van der Waals surface area contributed by atoms with Crippen molar-refractivity contribution in [2.45, 2.75) is 58.2 Å². The summed E-state index contributed by atoms with van der Waals surface area (Å²) in [5.74, 6) is 0.868. The van der Waals surface area contributed by atoms with Gasteiger partial charge in [-0.3, -0.25) is 9.69 Å². The average Bonchev–Trinajstić information content (AvgIpc) is 3.23. The summed E-state index contributed by atoms with van der Waals surface area (Å²) in [5, 5.41) is 1.36. The number of fused-ring (bicyclic) bond motifs is 1. The van der Waals surface area contributed by atoms with Crippen LogP contribution in [0.2, 0.25) is 0 Å². The van der Waals surface area contributed by atoms with Crippen molar-refractivity contribution in [2.24, 2.45) is 0 Å². The molecule has 0 saturated carbocycles. The van der Waals surface area contributed by atoms with Crippen molar-refractivity contribution in [3.05, 3.63) is 65.9 Å². The number of benzene rings is 2. The Morgan fingerprint density at radius 1 is 0.939 bits per heavy atom. The second-order valence-corrected chi connectivity index (χ2v) is 9.40. The van der Waals surface area contributed by atoms with Crippen LogP contribution in [0, 0.1) is 0 Å². The third kappa shape index (κ3) is 4.79. The van der Waals surface area contributed by atoms with Crippen LogP contribution in [0.5, 0.6) is 5.75 Å². The minimum absolute atomic E-state index is 0.120. The van der Waals surface area contributed by atoms with Crippen molar-refractivity contribution in [3.63, 3.8) is 0 Å². The highest BCUT2D eigenvalue weighted by Gasteiger charge is 2.25. The first-order valence-corrected chi connectivity index (χ1v) is 12.6. The molecule has 2 fully saturated rings. The molecule has 0 N–H and O–H groups in total. The van der Waals surface area contributed by atoms with E-state index in [4.69, 9.17) is 4.74 Å². The molecular formula is C28H35N3O2. The predicted octanol–water partition coefficient (Wildman–Crippen LogP) is 5.33. The minimum Gasteiger partial charge on any atom is -0.489 e. The quantitative estimate of drug-likeness (QED) is 0.515. The first kappa shape index (κ1) is 22.0. The van der Waals surface area contributed by atoms with Crippen molar-refractivity contribution >= 4 is 16.8 Å². The molecule has 0 aliphatic carbocycles. The van der Waals surface area contributed by atoms with Crippen LogP contribution in [0.1, 0.15) is 54.9 Å². The third-order valence-electron chi connectivity index (χ3n) is 7.19. The Bertz CT molecular complexity index is 1090. The van der Waals surface area contributed by atoms with Crippen LogP contribution in [0.15, 0.2) is 54.7 Å². The zero-order valence-corrected chi connectivity index (χ0v) is 19.7. The molecular weight excluding hydrogens is 410 g/mol. The van der Waals surface area contributed by atoms with E-state index in [1.165, 1.54) is 22.9 Å². The third-order valence-corrected chi connectivity index (χ3v) is 7.19. The molecule has 0 unspecified atom stereocenters. The number of aromatic nitrogens is 1. The van der Waals surface area contributed by atoms with Crippen LogP contribution in [-0.4, -0.2) is 52.6 Å². The van der Waals surface area contributed by atoms with E-state index in [0.29, 0.717) is 5.56 Å². The summed E-state index contributed by atoms with van der Waals surface area (Å²) in [6.07, 6.45) is 7.87. The monoisotopic (exact) mass is 445 g/mol. The average molecular weight is 446 g/mol. The molecule has 3 aromatic rings. The topological polar surface area (TPSA) is 37.7 Å². The molecule has 1 aromatic heterocycles. The molecule has 0 spiro atoms. The number of hydrogen-bond donors (Lipinski definition) is 0. The predicted molar refractivity (Wildman–Crippen MR) is 133 cm³/mol. The molecule has 2 aliphatic rings. The van der Waals surface area contributed by atoms with E-state index < -0.39 is 0 Å². The van der Waals surface area contributed by atoms with Gasteiger partial charge in [-0.25, -0.2) is 0 Å². The van der Waals surface area contributed by atoms with E-state index in [2.05, 4.69) is 46.9 Å². The Labute approximate surface area is 196 Å². The number of amides is 1. The van der Waals surface area contributed by atoms with Gasteiger partial charge in [0.15, 0.2) is 0 Å². The number of rotatable bonds is 6. The lowest BCUT2D eigenvalue weighted by Gasteiger charge is -2.33. The highest BCUT2D eigenvalue weighted by molar-refractivity contribution is 5.97. The van der Waals surface area contributed by atoms with Gasteiger partial charge < -0.3 is 14.2 Å². The van der Waals surface area contributed by atoms with E-state index >= 15 is 0 Å². The van der Waals surface area contributed by atoms with Gasteiger partial charge in [-0.1, -0.05) is 30.3 Å². The van der Waals surface area contributed by atoms with Gasteiger partial charge in [0.1, 0.15) is 11.9 Å². The number of hydrogen-bond acceptors (Lipinski definition) is 3.